The van der Waals surface area contributed by atoms with Gasteiger partial charge in [0.2, 0.25) is 5.91 Å². The molecule has 1 N–H and O–H groups in total. The highest BCUT2D eigenvalue weighted by molar-refractivity contribution is 6.01. The third-order valence-corrected chi connectivity index (χ3v) is 4.28. The lowest BCUT2D eigenvalue weighted by atomic mass is 9.77. The number of carbonyl (C=O) groups excluding carboxylic acids is 1. The maximum absolute atomic E-state index is 12.6. The van der Waals surface area contributed by atoms with Crippen LogP contribution in [0.25, 0.3) is 0 Å². The summed E-state index contributed by atoms with van der Waals surface area (Å²) in [5.74, 6) is -1.79. The lowest BCUT2D eigenvalue weighted by molar-refractivity contribution is -0.146. The third-order valence-electron chi connectivity index (χ3n) is 4.28. The molecule has 1 amide bonds. The molecular formula is C13H12N2O5. The summed E-state index contributed by atoms with van der Waals surface area (Å²) in [4.78, 5) is 25.4. The first kappa shape index (κ1) is 11.7. The van der Waals surface area contributed by atoms with E-state index in [0.717, 1.165) is 0 Å². The summed E-state index contributed by atoms with van der Waals surface area (Å²) in [6, 6.07) is 1.65. The van der Waals surface area contributed by atoms with Gasteiger partial charge in [0, 0.05) is 6.07 Å². The fourth-order valence-corrected chi connectivity index (χ4v) is 3.45. The second-order valence-corrected chi connectivity index (χ2v) is 5.46. The average molecular weight is 276 g/mol. The number of anilines is 1. The predicted octanol–water partition coefficient (Wildman–Crippen LogP) is 0.354. The number of aryl methyl sites for hydroxylation is 1. The van der Waals surface area contributed by atoms with E-state index in [9.17, 15) is 14.7 Å². The Kier molecular flexibility index (Phi) is 2.03. The van der Waals surface area contributed by atoms with E-state index >= 15 is 0 Å². The molecule has 0 unspecified atom stereocenters. The van der Waals surface area contributed by atoms with Crippen molar-refractivity contribution in [3.63, 3.8) is 0 Å². The summed E-state index contributed by atoms with van der Waals surface area (Å²) in [6.07, 6.45) is 3.04. The van der Waals surface area contributed by atoms with Gasteiger partial charge in [-0.05, 0) is 6.92 Å². The Bertz CT molecular complexity index is 651. The van der Waals surface area contributed by atoms with Gasteiger partial charge >= 0.3 is 5.97 Å². The molecule has 1 spiro atoms. The van der Waals surface area contributed by atoms with Crippen LogP contribution in [0.3, 0.4) is 0 Å². The number of rotatable bonds is 2. The molecule has 4 atom stereocenters. The average Bonchev–Trinajstić information content (AvgIpc) is 3.10. The van der Waals surface area contributed by atoms with Gasteiger partial charge in [0.15, 0.2) is 5.82 Å². The van der Waals surface area contributed by atoms with E-state index in [2.05, 4.69) is 5.16 Å². The maximum atomic E-state index is 12.6. The van der Waals surface area contributed by atoms with Gasteiger partial charge in [0.1, 0.15) is 17.3 Å². The van der Waals surface area contributed by atoms with Crippen LogP contribution in [0, 0.1) is 18.8 Å². The first-order valence-electron chi connectivity index (χ1n) is 6.36. The molecule has 4 heterocycles. The Morgan fingerprint density at radius 3 is 3.05 bits per heavy atom. The van der Waals surface area contributed by atoms with Crippen LogP contribution in [0.15, 0.2) is 22.7 Å². The molecule has 7 nitrogen and oxygen atoms in total. The highest BCUT2D eigenvalue weighted by Crippen LogP contribution is 2.52. The monoisotopic (exact) mass is 276 g/mol. The molecule has 0 saturated carbocycles. The summed E-state index contributed by atoms with van der Waals surface area (Å²) in [5, 5.41) is 13.2. The zero-order chi connectivity index (χ0) is 14.1. The summed E-state index contributed by atoms with van der Waals surface area (Å²) in [5.41, 5.74) is -0.836. The lowest BCUT2D eigenvalue weighted by Crippen LogP contribution is -2.39. The quantitative estimate of drug-likeness (QED) is 0.784. The highest BCUT2D eigenvalue weighted by Gasteiger charge is 2.67. The van der Waals surface area contributed by atoms with Gasteiger partial charge in [0.25, 0.3) is 0 Å². The number of hydrogen-bond donors (Lipinski definition) is 1. The van der Waals surface area contributed by atoms with Gasteiger partial charge in [-0.2, -0.15) is 0 Å². The molecule has 4 rings (SSSR count). The van der Waals surface area contributed by atoms with Crippen LogP contribution in [0.2, 0.25) is 0 Å². The predicted molar refractivity (Wildman–Crippen MR) is 65.0 cm³/mol. The number of carboxylic acids is 1. The van der Waals surface area contributed by atoms with Gasteiger partial charge < -0.3 is 14.4 Å². The smallest absolute Gasteiger partial charge is 0.310 e. The number of carbonyl (C=O) groups is 2. The van der Waals surface area contributed by atoms with E-state index in [4.69, 9.17) is 9.26 Å². The van der Waals surface area contributed by atoms with Crippen LogP contribution in [-0.4, -0.2) is 40.4 Å². The van der Waals surface area contributed by atoms with Crippen molar-refractivity contribution < 1.29 is 24.0 Å². The molecule has 2 saturated heterocycles. The van der Waals surface area contributed by atoms with Gasteiger partial charge in [-0.3, -0.25) is 14.5 Å². The van der Waals surface area contributed by atoms with Crippen LogP contribution < -0.4 is 4.90 Å². The van der Waals surface area contributed by atoms with Crippen molar-refractivity contribution in [2.45, 2.75) is 18.6 Å². The number of carboxylic acid groups (broad SMARTS) is 1. The molecule has 3 aliphatic heterocycles. The molecule has 20 heavy (non-hydrogen) atoms. The van der Waals surface area contributed by atoms with Crippen molar-refractivity contribution in [2.24, 2.45) is 11.8 Å². The fourth-order valence-electron chi connectivity index (χ4n) is 3.45. The molecule has 0 aliphatic carbocycles. The van der Waals surface area contributed by atoms with Crippen molar-refractivity contribution in [3.05, 3.63) is 24.0 Å². The van der Waals surface area contributed by atoms with Crippen LogP contribution >= 0.6 is 0 Å². The maximum Gasteiger partial charge on any atom is 0.310 e. The minimum Gasteiger partial charge on any atom is -0.481 e. The van der Waals surface area contributed by atoms with E-state index in [1.807, 2.05) is 6.08 Å². The normalized spacial score (nSPS) is 37.8. The lowest BCUT2D eigenvalue weighted by Gasteiger charge is -2.21. The fraction of sp³-hybridized carbons (Fsp3) is 0.462. The minimum absolute atomic E-state index is 0.266. The number of fused-ring (bicyclic) bond motifs is 1. The minimum atomic E-state index is -1.00. The Morgan fingerprint density at radius 2 is 2.40 bits per heavy atom. The summed E-state index contributed by atoms with van der Waals surface area (Å²) < 4.78 is 10.8. The number of hydrogen-bond acceptors (Lipinski definition) is 5. The first-order valence-corrected chi connectivity index (χ1v) is 6.36. The number of aliphatic carboxylic acids is 1. The zero-order valence-electron chi connectivity index (χ0n) is 10.6. The molecule has 2 fully saturated rings. The van der Waals surface area contributed by atoms with Crippen molar-refractivity contribution >= 4 is 17.7 Å². The Morgan fingerprint density at radius 1 is 1.60 bits per heavy atom. The zero-order valence-corrected chi connectivity index (χ0v) is 10.6. The largest absolute Gasteiger partial charge is 0.481 e. The molecule has 0 radical (unpaired) electrons. The third kappa shape index (κ3) is 1.25. The first-order chi connectivity index (χ1) is 9.52. The second kappa shape index (κ2) is 3.49. The van der Waals surface area contributed by atoms with E-state index in [1.54, 1.807) is 19.1 Å². The van der Waals surface area contributed by atoms with Crippen LogP contribution in [0.4, 0.5) is 5.82 Å². The summed E-state index contributed by atoms with van der Waals surface area (Å²) in [6.45, 7) is 2.01. The molecule has 1 aromatic heterocycles. The molecule has 1 aromatic rings. The topological polar surface area (TPSA) is 92.9 Å². The van der Waals surface area contributed by atoms with E-state index < -0.39 is 29.5 Å². The van der Waals surface area contributed by atoms with E-state index in [-0.39, 0.29) is 12.5 Å². The van der Waals surface area contributed by atoms with Crippen LogP contribution in [0.1, 0.15) is 5.76 Å². The Balaban J connectivity index is 1.75. The van der Waals surface area contributed by atoms with Crippen molar-refractivity contribution in [1.29, 1.82) is 0 Å². The van der Waals surface area contributed by atoms with Gasteiger partial charge in [-0.1, -0.05) is 17.3 Å². The Hall–Kier alpha value is -2.15. The van der Waals surface area contributed by atoms with Crippen molar-refractivity contribution in [3.8, 4) is 0 Å². The van der Waals surface area contributed by atoms with E-state index in [0.29, 0.717) is 11.6 Å². The molecule has 104 valence electrons. The molecule has 7 heteroatoms. The summed E-state index contributed by atoms with van der Waals surface area (Å²) in [7, 11) is 0. The highest BCUT2D eigenvalue weighted by atomic mass is 16.5. The van der Waals surface area contributed by atoms with Gasteiger partial charge in [-0.25, -0.2) is 0 Å². The molecule has 2 bridgehead atoms. The number of ether oxygens (including phenoxy) is 1. The van der Waals surface area contributed by atoms with Crippen molar-refractivity contribution in [1.82, 2.24) is 5.16 Å². The van der Waals surface area contributed by atoms with Crippen molar-refractivity contribution in [2.75, 3.05) is 11.4 Å². The molecule has 0 aromatic carbocycles. The standard InChI is InChI=1S/C13H12N2O5/c1-6-4-8(14-20-6)15-5-13-3-2-7(19-13)9(12(17)18)10(13)11(15)16/h2-4,7,9-10H,5H2,1H3,(H,17,18)/t7-,9-,10-,13+/m0/s1. The number of amides is 1. The molecular weight excluding hydrogens is 264 g/mol. The Labute approximate surface area is 113 Å². The summed E-state index contributed by atoms with van der Waals surface area (Å²) >= 11 is 0. The molecule has 3 aliphatic rings. The number of aromatic nitrogens is 1. The van der Waals surface area contributed by atoms with Gasteiger partial charge in [-0.15, -0.1) is 0 Å². The van der Waals surface area contributed by atoms with Gasteiger partial charge in [0.05, 0.1) is 18.6 Å². The second-order valence-electron chi connectivity index (χ2n) is 5.46. The van der Waals surface area contributed by atoms with Crippen LogP contribution in [-0.2, 0) is 14.3 Å². The van der Waals surface area contributed by atoms with Crippen LogP contribution in [0.5, 0.6) is 0 Å². The SMILES string of the molecule is Cc1cc(N2C[C@@]34C=C[C@H](O3)[C@H](C(=O)O)[C@H]4C2=O)no1. The van der Waals surface area contributed by atoms with E-state index in [1.165, 1.54) is 4.90 Å². The number of nitrogens with zero attached hydrogens (tertiary/aromatic N) is 2.